The van der Waals surface area contributed by atoms with Crippen LogP contribution in [0, 0.1) is 0 Å². The van der Waals surface area contributed by atoms with Crippen molar-refractivity contribution in [1.29, 1.82) is 0 Å². The fraction of sp³-hybridized carbons (Fsp3) is 0.250. The van der Waals surface area contributed by atoms with E-state index in [0.29, 0.717) is 0 Å². The predicted octanol–water partition coefficient (Wildman–Crippen LogP) is 2.90. The highest BCUT2D eigenvalue weighted by molar-refractivity contribution is 7.20. The van der Waals surface area contributed by atoms with Gasteiger partial charge in [0.25, 0.3) is 0 Å². The molecule has 9 heavy (non-hydrogen) atoms. The van der Waals surface area contributed by atoms with Crippen molar-refractivity contribution < 1.29 is 0 Å². The van der Waals surface area contributed by atoms with Crippen molar-refractivity contribution in [3.8, 4) is 0 Å². The lowest BCUT2D eigenvalue weighted by molar-refractivity contribution is 1.15. The van der Waals surface area contributed by atoms with E-state index in [9.17, 15) is 0 Å². The molecule has 0 heterocycles. The molecule has 0 spiro atoms. The van der Waals surface area contributed by atoms with Crippen molar-refractivity contribution >= 4 is 9.24 Å². The maximum absolute atomic E-state index is 3.68. The molecular formula is C8H13P. The summed E-state index contributed by atoms with van der Waals surface area (Å²) in [7, 11) is 2.53. The van der Waals surface area contributed by atoms with Crippen LogP contribution in [-0.2, 0) is 0 Å². The molecule has 0 bridgehead atoms. The molecule has 1 unspecified atom stereocenters. The molecule has 0 aromatic carbocycles. The van der Waals surface area contributed by atoms with Crippen LogP contribution in [0.5, 0.6) is 0 Å². The first-order valence-corrected chi connectivity index (χ1v) is 3.71. The van der Waals surface area contributed by atoms with Crippen LogP contribution in [0.3, 0.4) is 0 Å². The van der Waals surface area contributed by atoms with Gasteiger partial charge in [0.15, 0.2) is 0 Å². The van der Waals surface area contributed by atoms with E-state index in [1.807, 2.05) is 18.0 Å². The molecule has 0 aromatic heterocycles. The SMILES string of the molecule is C=C/C(=C\C=C\P)CC. The Morgan fingerprint density at radius 1 is 1.67 bits per heavy atom. The van der Waals surface area contributed by atoms with Crippen LogP contribution in [0.15, 0.2) is 36.2 Å². The molecule has 0 saturated carbocycles. The van der Waals surface area contributed by atoms with E-state index < -0.39 is 0 Å². The summed E-state index contributed by atoms with van der Waals surface area (Å²) in [5.74, 6) is 1.93. The average molecular weight is 140 g/mol. The summed E-state index contributed by atoms with van der Waals surface area (Å²) in [6.45, 7) is 5.79. The fourth-order valence-corrected chi connectivity index (χ4v) is 0.620. The van der Waals surface area contributed by atoms with E-state index in [-0.39, 0.29) is 0 Å². The van der Waals surface area contributed by atoms with Crippen LogP contribution in [0.4, 0.5) is 0 Å². The first-order valence-electron chi connectivity index (χ1n) is 3.05. The Bertz CT molecular complexity index is 132. The lowest BCUT2D eigenvalue weighted by Gasteiger charge is -1.89. The second-order valence-corrected chi connectivity index (χ2v) is 2.07. The second-order valence-electron chi connectivity index (χ2n) is 1.68. The van der Waals surface area contributed by atoms with Gasteiger partial charge in [0.1, 0.15) is 0 Å². The minimum Gasteiger partial charge on any atom is -0.114 e. The van der Waals surface area contributed by atoms with Gasteiger partial charge in [-0.05, 0) is 12.0 Å². The summed E-state index contributed by atoms with van der Waals surface area (Å²) in [6, 6.07) is 0. The number of hydrogen-bond acceptors (Lipinski definition) is 0. The lowest BCUT2D eigenvalue weighted by Crippen LogP contribution is -1.69. The molecule has 0 rings (SSSR count). The minimum absolute atomic E-state index is 1.05. The highest BCUT2D eigenvalue weighted by Crippen LogP contribution is 2.01. The summed E-state index contributed by atoms with van der Waals surface area (Å²) < 4.78 is 0. The Morgan fingerprint density at radius 2 is 2.33 bits per heavy atom. The third kappa shape index (κ3) is 4.17. The van der Waals surface area contributed by atoms with E-state index in [4.69, 9.17) is 0 Å². The van der Waals surface area contributed by atoms with E-state index in [2.05, 4.69) is 28.8 Å². The van der Waals surface area contributed by atoms with Crippen LogP contribution in [0.25, 0.3) is 0 Å². The van der Waals surface area contributed by atoms with Crippen molar-refractivity contribution in [1.82, 2.24) is 0 Å². The average Bonchev–Trinajstić information content (AvgIpc) is 1.91. The summed E-state index contributed by atoms with van der Waals surface area (Å²) in [5, 5.41) is 0. The van der Waals surface area contributed by atoms with Crippen molar-refractivity contribution in [2.24, 2.45) is 0 Å². The molecule has 0 nitrogen and oxygen atoms in total. The smallest absolute Gasteiger partial charge is 0.0308 e. The first kappa shape index (κ1) is 8.65. The monoisotopic (exact) mass is 140 g/mol. The van der Waals surface area contributed by atoms with Gasteiger partial charge in [0.2, 0.25) is 0 Å². The van der Waals surface area contributed by atoms with Gasteiger partial charge in [-0.25, -0.2) is 0 Å². The van der Waals surface area contributed by atoms with E-state index in [1.54, 1.807) is 0 Å². The van der Waals surface area contributed by atoms with E-state index in [0.717, 1.165) is 6.42 Å². The maximum atomic E-state index is 3.68. The zero-order chi connectivity index (χ0) is 7.11. The molecule has 0 amide bonds. The van der Waals surface area contributed by atoms with Gasteiger partial charge in [-0.3, -0.25) is 0 Å². The first-order chi connectivity index (χ1) is 4.35. The van der Waals surface area contributed by atoms with Crippen molar-refractivity contribution in [2.45, 2.75) is 13.3 Å². The van der Waals surface area contributed by atoms with Gasteiger partial charge in [-0.1, -0.05) is 37.5 Å². The Balaban J connectivity index is 3.90. The minimum atomic E-state index is 1.05. The van der Waals surface area contributed by atoms with Crippen molar-refractivity contribution in [2.75, 3.05) is 0 Å². The second kappa shape index (κ2) is 5.78. The quantitative estimate of drug-likeness (QED) is 0.417. The van der Waals surface area contributed by atoms with Gasteiger partial charge < -0.3 is 0 Å². The Labute approximate surface area is 59.6 Å². The summed E-state index contributed by atoms with van der Waals surface area (Å²) in [5.41, 5.74) is 1.27. The highest BCUT2D eigenvalue weighted by atomic mass is 31.0. The molecule has 0 aliphatic carbocycles. The normalized spacial score (nSPS) is 12.4. The van der Waals surface area contributed by atoms with Gasteiger partial charge in [-0.2, -0.15) is 0 Å². The molecule has 0 fully saturated rings. The Morgan fingerprint density at radius 3 is 2.67 bits per heavy atom. The molecule has 50 valence electrons. The molecule has 0 radical (unpaired) electrons. The number of rotatable bonds is 3. The Kier molecular flexibility index (Phi) is 5.56. The zero-order valence-corrected chi connectivity index (χ0v) is 6.96. The Hall–Kier alpha value is -0.350. The third-order valence-electron chi connectivity index (χ3n) is 1.09. The van der Waals surface area contributed by atoms with Crippen LogP contribution < -0.4 is 0 Å². The molecule has 0 aliphatic heterocycles. The maximum Gasteiger partial charge on any atom is -0.0308 e. The third-order valence-corrected chi connectivity index (χ3v) is 1.31. The zero-order valence-electron chi connectivity index (χ0n) is 5.80. The number of hydrogen-bond donors (Lipinski definition) is 0. The predicted molar refractivity (Wildman–Crippen MR) is 47.4 cm³/mol. The largest absolute Gasteiger partial charge is 0.114 e. The summed E-state index contributed by atoms with van der Waals surface area (Å²) >= 11 is 0. The molecule has 1 atom stereocenters. The fourth-order valence-electron chi connectivity index (χ4n) is 0.509. The van der Waals surface area contributed by atoms with Crippen LogP contribution in [0.1, 0.15) is 13.3 Å². The topological polar surface area (TPSA) is 0 Å². The van der Waals surface area contributed by atoms with E-state index >= 15 is 0 Å². The number of allylic oxidation sites excluding steroid dienone is 4. The highest BCUT2D eigenvalue weighted by Gasteiger charge is 1.79. The standard InChI is InChI=1S/C8H13P/c1-3-8(4-2)6-5-7-9/h3,5-7H,1,4,9H2,2H3/b7-5+,8-6+. The molecule has 0 N–H and O–H groups in total. The van der Waals surface area contributed by atoms with E-state index in [1.165, 1.54) is 5.57 Å². The van der Waals surface area contributed by atoms with Gasteiger partial charge in [0, 0.05) is 0 Å². The van der Waals surface area contributed by atoms with Crippen LogP contribution in [-0.4, -0.2) is 0 Å². The van der Waals surface area contributed by atoms with Gasteiger partial charge in [-0.15, -0.1) is 9.24 Å². The molecule has 0 saturated heterocycles. The van der Waals surface area contributed by atoms with Gasteiger partial charge in [0.05, 0.1) is 0 Å². The summed E-state index contributed by atoms with van der Waals surface area (Å²) in [6.07, 6.45) is 6.98. The van der Waals surface area contributed by atoms with Crippen molar-refractivity contribution in [3.63, 3.8) is 0 Å². The van der Waals surface area contributed by atoms with Gasteiger partial charge >= 0.3 is 0 Å². The van der Waals surface area contributed by atoms with Crippen LogP contribution in [0.2, 0.25) is 0 Å². The molecule has 0 aromatic rings. The lowest BCUT2D eigenvalue weighted by atomic mass is 10.2. The summed E-state index contributed by atoms with van der Waals surface area (Å²) in [4.78, 5) is 0. The molecule has 1 heteroatoms. The van der Waals surface area contributed by atoms with Crippen LogP contribution >= 0.6 is 9.24 Å². The van der Waals surface area contributed by atoms with Crippen molar-refractivity contribution in [3.05, 3.63) is 36.2 Å². The molecular weight excluding hydrogens is 127 g/mol. The molecule has 0 aliphatic rings.